The lowest BCUT2D eigenvalue weighted by atomic mass is 9.92. The molecule has 0 bridgehead atoms. The number of methoxy groups -OCH3 is 1. The fraction of sp³-hybridized carbons (Fsp3) is 0.308. The molecule has 4 heteroatoms. The lowest BCUT2D eigenvalue weighted by molar-refractivity contribution is 0.304. The van der Waals surface area contributed by atoms with Crippen LogP contribution in [-0.2, 0) is 4.74 Å². The van der Waals surface area contributed by atoms with Gasteiger partial charge in [0.15, 0.2) is 0 Å². The second-order valence-corrected chi connectivity index (χ2v) is 7.47. The van der Waals surface area contributed by atoms with Crippen molar-refractivity contribution >= 4 is 6.08 Å². The number of nitrogens with zero attached hydrogens (tertiary/aromatic N) is 1. The molecule has 0 aromatic heterocycles. The topological polar surface area (TPSA) is 38.5 Å². The predicted molar refractivity (Wildman–Crippen MR) is 125 cm³/mol. The van der Waals surface area contributed by atoms with Crippen molar-refractivity contribution in [2.75, 3.05) is 13.7 Å². The van der Waals surface area contributed by atoms with Crippen LogP contribution in [-0.4, -0.2) is 18.6 Å². The van der Waals surface area contributed by atoms with Crippen molar-refractivity contribution < 1.29 is 9.13 Å². The summed E-state index contributed by atoms with van der Waals surface area (Å²) in [4.78, 5) is 2.05. The van der Waals surface area contributed by atoms with Crippen LogP contribution in [0.4, 0.5) is 4.39 Å². The van der Waals surface area contributed by atoms with Crippen molar-refractivity contribution in [1.82, 2.24) is 4.90 Å². The average molecular weight is 409 g/mol. The van der Waals surface area contributed by atoms with Crippen molar-refractivity contribution in [3.05, 3.63) is 101 Å². The van der Waals surface area contributed by atoms with Gasteiger partial charge >= 0.3 is 0 Å². The zero-order valence-corrected chi connectivity index (χ0v) is 18.5. The Labute approximate surface area is 180 Å². The Morgan fingerprint density at radius 2 is 2.10 bits per heavy atom. The molecule has 0 radical (unpaired) electrons. The van der Waals surface area contributed by atoms with E-state index in [1.54, 1.807) is 26.2 Å². The van der Waals surface area contributed by atoms with Crippen molar-refractivity contribution in [3.8, 4) is 0 Å². The molecule has 160 valence electrons. The SMILES string of the molecule is C=C(OC)C1=CC(=C)N(/C(CCN)=C(/C=C/c2cccc(C)c2F)C(C)CC)C=C1. The summed E-state index contributed by atoms with van der Waals surface area (Å²) in [6, 6.07) is 5.44. The smallest absolute Gasteiger partial charge is 0.133 e. The Kier molecular flexibility index (Phi) is 8.43. The fourth-order valence-electron chi connectivity index (χ4n) is 3.39. The van der Waals surface area contributed by atoms with E-state index < -0.39 is 0 Å². The van der Waals surface area contributed by atoms with E-state index in [4.69, 9.17) is 10.5 Å². The molecule has 0 amide bonds. The molecule has 1 aromatic carbocycles. The maximum Gasteiger partial charge on any atom is 0.133 e. The summed E-state index contributed by atoms with van der Waals surface area (Å²) in [5, 5.41) is 0. The Bertz CT molecular complexity index is 921. The minimum Gasteiger partial charge on any atom is -0.497 e. The second kappa shape index (κ2) is 10.8. The molecular weight excluding hydrogens is 375 g/mol. The second-order valence-electron chi connectivity index (χ2n) is 7.47. The third-order valence-electron chi connectivity index (χ3n) is 5.42. The first-order chi connectivity index (χ1) is 14.3. The molecule has 30 heavy (non-hydrogen) atoms. The molecule has 3 nitrogen and oxygen atoms in total. The lowest BCUT2D eigenvalue weighted by Gasteiger charge is -2.31. The van der Waals surface area contributed by atoms with Crippen LogP contribution < -0.4 is 5.73 Å². The third-order valence-corrected chi connectivity index (χ3v) is 5.42. The first-order valence-electron chi connectivity index (χ1n) is 10.3. The zero-order valence-electron chi connectivity index (χ0n) is 18.5. The van der Waals surface area contributed by atoms with E-state index in [9.17, 15) is 4.39 Å². The van der Waals surface area contributed by atoms with Crippen LogP contribution >= 0.6 is 0 Å². The quantitative estimate of drug-likeness (QED) is 0.389. The average Bonchev–Trinajstić information content (AvgIpc) is 2.75. The molecule has 1 atom stereocenters. The highest BCUT2D eigenvalue weighted by molar-refractivity contribution is 5.56. The van der Waals surface area contributed by atoms with Crippen LogP contribution in [0.3, 0.4) is 0 Å². The van der Waals surface area contributed by atoms with Gasteiger partial charge in [0, 0.05) is 35.2 Å². The minimum atomic E-state index is -0.189. The summed E-state index contributed by atoms with van der Waals surface area (Å²) < 4.78 is 19.7. The van der Waals surface area contributed by atoms with Gasteiger partial charge in [-0.25, -0.2) is 4.39 Å². The molecule has 0 spiro atoms. The number of rotatable bonds is 9. The third kappa shape index (κ3) is 5.39. The van der Waals surface area contributed by atoms with E-state index in [-0.39, 0.29) is 11.7 Å². The lowest BCUT2D eigenvalue weighted by Crippen LogP contribution is -2.22. The normalized spacial score (nSPS) is 15.9. The summed E-state index contributed by atoms with van der Waals surface area (Å²) in [6.07, 6.45) is 11.4. The minimum absolute atomic E-state index is 0.189. The van der Waals surface area contributed by atoms with Crippen molar-refractivity contribution in [2.45, 2.75) is 33.6 Å². The van der Waals surface area contributed by atoms with Gasteiger partial charge in [-0.05, 0) is 49.1 Å². The van der Waals surface area contributed by atoms with E-state index in [0.717, 1.165) is 29.0 Å². The Morgan fingerprint density at radius 1 is 1.37 bits per heavy atom. The summed E-state index contributed by atoms with van der Waals surface area (Å²) in [5.41, 5.74) is 11.1. The molecule has 0 fully saturated rings. The van der Waals surface area contributed by atoms with E-state index in [2.05, 4.69) is 31.9 Å². The monoisotopic (exact) mass is 408 g/mol. The molecule has 1 aliphatic heterocycles. The number of nitrogens with two attached hydrogens (primary N) is 1. The molecule has 1 aliphatic rings. The highest BCUT2D eigenvalue weighted by Crippen LogP contribution is 2.31. The van der Waals surface area contributed by atoms with E-state index in [0.29, 0.717) is 29.9 Å². The van der Waals surface area contributed by atoms with Crippen LogP contribution in [0.25, 0.3) is 6.08 Å². The number of ether oxygens (including phenoxy) is 1. The van der Waals surface area contributed by atoms with Gasteiger partial charge in [0.05, 0.1) is 7.11 Å². The number of allylic oxidation sites excluding steroid dienone is 4. The largest absolute Gasteiger partial charge is 0.497 e. The molecule has 1 unspecified atom stereocenters. The summed E-state index contributed by atoms with van der Waals surface area (Å²) in [7, 11) is 1.60. The Hall–Kier alpha value is -2.85. The molecule has 0 saturated heterocycles. The molecule has 0 aliphatic carbocycles. The molecular formula is C26H33FN2O. The van der Waals surface area contributed by atoms with E-state index >= 15 is 0 Å². The number of hydrogen-bond donors (Lipinski definition) is 1. The van der Waals surface area contributed by atoms with Gasteiger partial charge in [0.2, 0.25) is 0 Å². The van der Waals surface area contributed by atoms with Gasteiger partial charge in [-0.1, -0.05) is 57.4 Å². The molecule has 2 rings (SSSR count). The van der Waals surface area contributed by atoms with Crippen LogP contribution in [0, 0.1) is 18.7 Å². The predicted octanol–water partition coefficient (Wildman–Crippen LogP) is 6.23. The van der Waals surface area contributed by atoms with E-state index in [1.807, 2.05) is 36.6 Å². The maximum atomic E-state index is 14.5. The van der Waals surface area contributed by atoms with Gasteiger partial charge in [0.25, 0.3) is 0 Å². The molecule has 0 saturated carbocycles. The number of benzene rings is 1. The van der Waals surface area contributed by atoms with Crippen LogP contribution in [0.15, 0.2) is 84.1 Å². The number of halogens is 1. The van der Waals surface area contributed by atoms with Crippen molar-refractivity contribution in [2.24, 2.45) is 11.7 Å². The first-order valence-corrected chi connectivity index (χ1v) is 10.3. The molecule has 1 heterocycles. The standard InChI is InChI=1S/C26H33FN2O/c1-7-18(2)24(12-11-22-10-8-9-19(3)26(22)27)25(13-15-28)29-16-14-23(17-20(29)4)21(5)30-6/h8-12,14,16-18H,4-5,7,13,15,28H2,1-3,6H3/b12-11+,25-24-. The van der Waals surface area contributed by atoms with Gasteiger partial charge in [0.1, 0.15) is 11.6 Å². The Balaban J connectivity index is 2.51. The first kappa shape index (κ1) is 23.4. The van der Waals surface area contributed by atoms with Crippen LogP contribution in [0.1, 0.15) is 37.8 Å². The summed E-state index contributed by atoms with van der Waals surface area (Å²) in [5.74, 6) is 0.676. The summed E-state index contributed by atoms with van der Waals surface area (Å²) in [6.45, 7) is 14.7. The summed E-state index contributed by atoms with van der Waals surface area (Å²) >= 11 is 0. The fourth-order valence-corrected chi connectivity index (χ4v) is 3.39. The maximum absolute atomic E-state index is 14.5. The van der Waals surface area contributed by atoms with Crippen molar-refractivity contribution in [1.29, 1.82) is 0 Å². The van der Waals surface area contributed by atoms with E-state index in [1.165, 1.54) is 0 Å². The number of aryl methyl sites for hydroxylation is 1. The van der Waals surface area contributed by atoms with Crippen LogP contribution in [0.5, 0.6) is 0 Å². The molecule has 2 N–H and O–H groups in total. The molecule has 1 aromatic rings. The van der Waals surface area contributed by atoms with Gasteiger partial charge in [-0.2, -0.15) is 0 Å². The van der Waals surface area contributed by atoms with Crippen LogP contribution in [0.2, 0.25) is 0 Å². The van der Waals surface area contributed by atoms with Gasteiger partial charge < -0.3 is 15.4 Å². The van der Waals surface area contributed by atoms with Crippen molar-refractivity contribution in [3.63, 3.8) is 0 Å². The number of hydrogen-bond acceptors (Lipinski definition) is 3. The zero-order chi connectivity index (χ0) is 22.3. The Morgan fingerprint density at radius 3 is 2.70 bits per heavy atom. The highest BCUT2D eigenvalue weighted by atomic mass is 19.1. The van der Waals surface area contributed by atoms with Gasteiger partial charge in [-0.15, -0.1) is 0 Å². The van der Waals surface area contributed by atoms with Gasteiger partial charge in [-0.3, -0.25) is 0 Å². The highest BCUT2D eigenvalue weighted by Gasteiger charge is 2.20.